The number of aryl methyl sites for hydroxylation is 1. The molecule has 112 valence electrons. The molecule has 0 saturated carbocycles. The predicted octanol–water partition coefficient (Wildman–Crippen LogP) is 3.44. The maximum atomic E-state index is 14.1. The third kappa shape index (κ3) is 3.97. The van der Waals surface area contributed by atoms with Crippen molar-refractivity contribution in [2.24, 2.45) is 5.84 Å². The van der Waals surface area contributed by atoms with E-state index >= 15 is 0 Å². The average Bonchev–Trinajstić information content (AvgIpc) is 2.50. The van der Waals surface area contributed by atoms with Crippen molar-refractivity contribution in [1.82, 2.24) is 5.43 Å². The predicted molar refractivity (Wildman–Crippen MR) is 84.9 cm³/mol. The molecule has 0 aliphatic rings. The number of hydrogen-bond acceptors (Lipinski definition) is 4. The molecule has 0 aliphatic heterocycles. The number of nitrogens with two attached hydrogens (primary N) is 1. The molecular weight excluding hydrogens is 287 g/mol. The van der Waals surface area contributed by atoms with Crippen LogP contribution in [0.3, 0.4) is 0 Å². The van der Waals surface area contributed by atoms with E-state index in [-0.39, 0.29) is 11.9 Å². The third-order valence-corrected chi connectivity index (χ3v) is 4.55. The van der Waals surface area contributed by atoms with Gasteiger partial charge in [0.1, 0.15) is 11.6 Å². The molecule has 0 saturated heterocycles. The molecule has 3 N–H and O–H groups in total. The number of nitrogens with one attached hydrogen (secondary N) is 1. The lowest BCUT2D eigenvalue weighted by Gasteiger charge is -2.17. The summed E-state index contributed by atoms with van der Waals surface area (Å²) in [5, 5.41) is 0. The molecule has 21 heavy (non-hydrogen) atoms. The van der Waals surface area contributed by atoms with Gasteiger partial charge >= 0.3 is 0 Å². The van der Waals surface area contributed by atoms with Crippen LogP contribution in [0.5, 0.6) is 5.75 Å². The highest BCUT2D eigenvalue weighted by Gasteiger charge is 2.16. The maximum Gasteiger partial charge on any atom is 0.131 e. The molecule has 0 spiro atoms. The van der Waals surface area contributed by atoms with E-state index in [1.807, 2.05) is 12.1 Å². The van der Waals surface area contributed by atoms with Crippen LogP contribution in [0.4, 0.5) is 4.39 Å². The van der Waals surface area contributed by atoms with E-state index in [2.05, 4.69) is 24.5 Å². The lowest BCUT2D eigenvalue weighted by molar-refractivity contribution is 0.409. The average molecular weight is 306 g/mol. The zero-order valence-corrected chi connectivity index (χ0v) is 12.9. The van der Waals surface area contributed by atoms with Crippen molar-refractivity contribution in [3.05, 3.63) is 59.4 Å². The minimum atomic E-state index is -0.317. The third-order valence-electron chi connectivity index (χ3n) is 3.28. The monoisotopic (exact) mass is 306 g/mol. The van der Waals surface area contributed by atoms with Crippen LogP contribution in [0.25, 0.3) is 0 Å². The van der Waals surface area contributed by atoms with Crippen molar-refractivity contribution < 1.29 is 9.13 Å². The standard InChI is InChI=1S/C16H19FN2OS/c1-11-5-3-4-6-16(11)21-10-15(19-18)13-8-7-12(20-2)9-14(13)17/h3-9,15,19H,10,18H2,1-2H3. The van der Waals surface area contributed by atoms with Crippen LogP contribution >= 0.6 is 11.8 Å². The van der Waals surface area contributed by atoms with Crippen LogP contribution in [0, 0.1) is 12.7 Å². The van der Waals surface area contributed by atoms with Crippen LogP contribution in [0.2, 0.25) is 0 Å². The van der Waals surface area contributed by atoms with Gasteiger partial charge in [0.2, 0.25) is 0 Å². The van der Waals surface area contributed by atoms with Gasteiger partial charge in [-0.2, -0.15) is 0 Å². The molecule has 2 rings (SSSR count). The fourth-order valence-electron chi connectivity index (χ4n) is 2.04. The van der Waals surface area contributed by atoms with Gasteiger partial charge in [-0.05, 0) is 24.6 Å². The first-order valence-electron chi connectivity index (χ1n) is 6.63. The second-order valence-electron chi connectivity index (χ2n) is 4.68. The second kappa shape index (κ2) is 7.45. The lowest BCUT2D eigenvalue weighted by Crippen LogP contribution is -2.30. The molecule has 0 bridgehead atoms. The van der Waals surface area contributed by atoms with E-state index in [0.717, 1.165) is 0 Å². The summed E-state index contributed by atoms with van der Waals surface area (Å²) in [5.41, 5.74) is 4.43. The molecule has 0 aliphatic carbocycles. The van der Waals surface area contributed by atoms with Gasteiger partial charge in [-0.15, -0.1) is 11.8 Å². The first-order chi connectivity index (χ1) is 10.2. The molecule has 1 atom stereocenters. The molecule has 5 heteroatoms. The lowest BCUT2D eigenvalue weighted by atomic mass is 10.1. The number of hydrazine groups is 1. The van der Waals surface area contributed by atoms with Crippen LogP contribution < -0.4 is 16.0 Å². The van der Waals surface area contributed by atoms with Crippen LogP contribution in [-0.4, -0.2) is 12.9 Å². The van der Waals surface area contributed by atoms with Crippen molar-refractivity contribution >= 4 is 11.8 Å². The van der Waals surface area contributed by atoms with Crippen LogP contribution in [-0.2, 0) is 0 Å². The molecular formula is C16H19FN2OS. The first-order valence-corrected chi connectivity index (χ1v) is 7.62. The van der Waals surface area contributed by atoms with Gasteiger partial charge in [-0.1, -0.05) is 24.3 Å². The quantitative estimate of drug-likeness (QED) is 0.487. The molecule has 0 amide bonds. The number of halogens is 1. The Balaban J connectivity index is 2.11. The number of benzene rings is 2. The summed E-state index contributed by atoms with van der Waals surface area (Å²) in [6.45, 7) is 2.06. The molecule has 0 radical (unpaired) electrons. The number of methoxy groups -OCH3 is 1. The molecule has 2 aromatic rings. The van der Waals surface area contributed by atoms with Gasteiger partial charge < -0.3 is 4.74 Å². The minimum absolute atomic E-state index is 0.263. The van der Waals surface area contributed by atoms with E-state index in [1.165, 1.54) is 23.6 Å². The van der Waals surface area contributed by atoms with Gasteiger partial charge in [-0.25, -0.2) is 4.39 Å². The second-order valence-corrected chi connectivity index (χ2v) is 5.75. The Bertz CT molecular complexity index is 607. The Labute approximate surface area is 128 Å². The van der Waals surface area contributed by atoms with Crippen LogP contribution in [0.15, 0.2) is 47.4 Å². The van der Waals surface area contributed by atoms with Crippen molar-refractivity contribution in [2.75, 3.05) is 12.9 Å². The van der Waals surface area contributed by atoms with Crippen molar-refractivity contribution in [1.29, 1.82) is 0 Å². The van der Waals surface area contributed by atoms with Gasteiger partial charge in [0.05, 0.1) is 13.2 Å². The Morgan fingerprint density at radius 3 is 2.67 bits per heavy atom. The molecule has 2 aromatic carbocycles. The molecule has 1 unspecified atom stereocenters. The van der Waals surface area contributed by atoms with E-state index in [9.17, 15) is 4.39 Å². The van der Waals surface area contributed by atoms with Crippen molar-refractivity contribution in [3.63, 3.8) is 0 Å². The highest BCUT2D eigenvalue weighted by Crippen LogP contribution is 2.29. The van der Waals surface area contributed by atoms with Crippen molar-refractivity contribution in [3.8, 4) is 5.75 Å². The summed E-state index contributed by atoms with van der Waals surface area (Å²) < 4.78 is 19.1. The smallest absolute Gasteiger partial charge is 0.131 e. The minimum Gasteiger partial charge on any atom is -0.497 e. The highest BCUT2D eigenvalue weighted by molar-refractivity contribution is 7.99. The Morgan fingerprint density at radius 2 is 2.05 bits per heavy atom. The fraction of sp³-hybridized carbons (Fsp3) is 0.250. The van der Waals surface area contributed by atoms with Crippen molar-refractivity contribution in [2.45, 2.75) is 17.9 Å². The number of thioether (sulfide) groups is 1. The van der Waals surface area contributed by atoms with Crippen LogP contribution in [0.1, 0.15) is 17.2 Å². The molecule has 0 heterocycles. The van der Waals surface area contributed by atoms with Gasteiger partial charge in [0.15, 0.2) is 0 Å². The maximum absolute atomic E-state index is 14.1. The number of ether oxygens (including phenoxy) is 1. The summed E-state index contributed by atoms with van der Waals surface area (Å²) in [4.78, 5) is 1.17. The molecule has 3 nitrogen and oxygen atoms in total. The largest absolute Gasteiger partial charge is 0.497 e. The Hall–Kier alpha value is -1.56. The highest BCUT2D eigenvalue weighted by atomic mass is 32.2. The van der Waals surface area contributed by atoms with E-state index in [1.54, 1.807) is 23.9 Å². The first kappa shape index (κ1) is 15.8. The zero-order chi connectivity index (χ0) is 15.2. The summed E-state index contributed by atoms with van der Waals surface area (Å²) in [6, 6.07) is 12.7. The molecule has 0 aromatic heterocycles. The Morgan fingerprint density at radius 1 is 1.29 bits per heavy atom. The summed E-state index contributed by atoms with van der Waals surface area (Å²) >= 11 is 1.65. The van der Waals surface area contributed by atoms with E-state index < -0.39 is 0 Å². The zero-order valence-electron chi connectivity index (χ0n) is 12.1. The molecule has 0 fully saturated rings. The number of rotatable bonds is 6. The number of hydrogen-bond donors (Lipinski definition) is 2. The van der Waals surface area contributed by atoms with Gasteiger partial charge in [0.25, 0.3) is 0 Å². The topological polar surface area (TPSA) is 47.3 Å². The summed E-state index contributed by atoms with van der Waals surface area (Å²) in [7, 11) is 1.52. The Kier molecular flexibility index (Phi) is 5.61. The van der Waals surface area contributed by atoms with E-state index in [4.69, 9.17) is 10.6 Å². The SMILES string of the molecule is COc1ccc(C(CSc2ccccc2C)NN)c(F)c1. The van der Waals surface area contributed by atoms with Gasteiger partial charge in [-0.3, -0.25) is 11.3 Å². The fourth-order valence-corrected chi connectivity index (χ4v) is 3.13. The van der Waals surface area contributed by atoms with E-state index in [0.29, 0.717) is 17.1 Å². The summed E-state index contributed by atoms with van der Waals surface area (Å²) in [5.74, 6) is 6.41. The summed E-state index contributed by atoms with van der Waals surface area (Å²) in [6.07, 6.45) is 0. The normalized spacial score (nSPS) is 12.2. The van der Waals surface area contributed by atoms with Gasteiger partial charge in [0, 0.05) is 22.3 Å².